The summed E-state index contributed by atoms with van der Waals surface area (Å²) in [5.41, 5.74) is 2.54. The molecule has 164 valence electrons. The molecule has 0 bridgehead atoms. The molecule has 0 fully saturated rings. The Morgan fingerprint density at radius 2 is 1.70 bits per heavy atom. The molecule has 2 aromatic rings. The Morgan fingerprint density at radius 1 is 1.07 bits per heavy atom. The molecular weight excluding hydrogens is 398 g/mol. The maximum atomic E-state index is 12.8. The highest BCUT2D eigenvalue weighted by molar-refractivity contribution is 7.89. The Balaban J connectivity index is 2.13. The first-order chi connectivity index (χ1) is 14.2. The number of nitrogens with one attached hydrogen (secondary N) is 1. The predicted octanol–water partition coefficient (Wildman–Crippen LogP) is 2.92. The van der Waals surface area contributed by atoms with Crippen molar-refractivity contribution in [3.63, 3.8) is 0 Å². The Labute approximate surface area is 180 Å². The number of hydrogen-bond acceptors (Lipinski definition) is 3. The van der Waals surface area contributed by atoms with Gasteiger partial charge in [-0.2, -0.15) is 4.31 Å². The molecule has 2 aromatic carbocycles. The Bertz CT molecular complexity index is 939. The number of sulfonamides is 1. The van der Waals surface area contributed by atoms with Gasteiger partial charge in [0, 0.05) is 30.3 Å². The zero-order valence-corrected chi connectivity index (χ0v) is 19.4. The fraction of sp³-hybridized carbons (Fsp3) is 0.435. The Morgan fingerprint density at radius 3 is 2.27 bits per heavy atom. The van der Waals surface area contributed by atoms with Crippen molar-refractivity contribution < 1.29 is 18.5 Å². The van der Waals surface area contributed by atoms with Crippen molar-refractivity contribution in [3.8, 4) is 0 Å². The van der Waals surface area contributed by atoms with Crippen molar-refractivity contribution in [2.24, 2.45) is 5.92 Å². The SMILES string of the molecule is CCN(CC)S(=O)(=O)c1ccc(C)c(NC(=O)C[NH2+][C@H](c2ccccc2)C(C)C)c1. The summed E-state index contributed by atoms with van der Waals surface area (Å²) in [7, 11) is -3.58. The standard InChI is InChI=1S/C23H33N3O3S/c1-6-26(7-2)30(28,29)20-14-13-18(5)21(15-20)25-22(27)16-24-23(17(3)4)19-11-9-8-10-12-19/h8-15,17,23-24H,6-7,16H2,1-5H3,(H,25,27)/p+1/t23-/m0/s1. The average Bonchev–Trinajstić information content (AvgIpc) is 2.71. The molecule has 0 aliphatic carbocycles. The van der Waals surface area contributed by atoms with Gasteiger partial charge in [-0.1, -0.05) is 64.1 Å². The fourth-order valence-corrected chi connectivity index (χ4v) is 5.00. The van der Waals surface area contributed by atoms with Crippen LogP contribution in [0.4, 0.5) is 5.69 Å². The van der Waals surface area contributed by atoms with Gasteiger partial charge in [-0.15, -0.1) is 0 Å². The summed E-state index contributed by atoms with van der Waals surface area (Å²) >= 11 is 0. The molecule has 7 heteroatoms. The molecule has 1 atom stereocenters. The maximum Gasteiger partial charge on any atom is 0.279 e. The minimum Gasteiger partial charge on any atom is -0.332 e. The molecule has 1 amide bonds. The summed E-state index contributed by atoms with van der Waals surface area (Å²) in [5.74, 6) is 0.210. The van der Waals surface area contributed by atoms with Gasteiger partial charge in [0.05, 0.1) is 4.90 Å². The molecule has 0 saturated heterocycles. The van der Waals surface area contributed by atoms with E-state index < -0.39 is 10.0 Å². The lowest BCUT2D eigenvalue weighted by molar-refractivity contribution is -0.692. The molecule has 30 heavy (non-hydrogen) atoms. The number of carbonyl (C=O) groups excluding carboxylic acids is 1. The smallest absolute Gasteiger partial charge is 0.279 e. The van der Waals surface area contributed by atoms with Crippen LogP contribution in [-0.4, -0.2) is 38.3 Å². The highest BCUT2D eigenvalue weighted by Crippen LogP contribution is 2.23. The molecule has 0 aliphatic heterocycles. The molecule has 0 heterocycles. The normalized spacial score (nSPS) is 12.9. The van der Waals surface area contributed by atoms with Crippen LogP contribution in [0.5, 0.6) is 0 Å². The summed E-state index contributed by atoms with van der Waals surface area (Å²) < 4.78 is 27.0. The first-order valence-electron chi connectivity index (χ1n) is 10.5. The Hall–Kier alpha value is -2.22. The second-order valence-corrected chi connectivity index (χ2v) is 9.67. The van der Waals surface area contributed by atoms with E-state index in [1.54, 1.807) is 18.2 Å². The number of quaternary nitrogens is 1. The van der Waals surface area contributed by atoms with Crippen molar-refractivity contribution >= 4 is 21.6 Å². The summed E-state index contributed by atoms with van der Waals surface area (Å²) in [6, 6.07) is 15.2. The molecule has 0 aliphatic rings. The molecule has 0 saturated carbocycles. The van der Waals surface area contributed by atoms with E-state index in [0.717, 1.165) is 5.56 Å². The first kappa shape index (κ1) is 24.1. The van der Waals surface area contributed by atoms with Crippen LogP contribution in [0, 0.1) is 12.8 Å². The van der Waals surface area contributed by atoms with Gasteiger partial charge in [0.2, 0.25) is 10.0 Å². The van der Waals surface area contributed by atoms with E-state index in [0.29, 0.717) is 24.7 Å². The molecule has 2 rings (SSSR count). The zero-order valence-electron chi connectivity index (χ0n) is 18.6. The molecule has 0 aromatic heterocycles. The minimum atomic E-state index is -3.58. The Kier molecular flexibility index (Phi) is 8.58. The molecule has 0 radical (unpaired) electrons. The van der Waals surface area contributed by atoms with Crippen molar-refractivity contribution in [2.75, 3.05) is 25.0 Å². The van der Waals surface area contributed by atoms with Crippen LogP contribution >= 0.6 is 0 Å². The van der Waals surface area contributed by atoms with Gasteiger partial charge in [0.25, 0.3) is 5.91 Å². The molecule has 3 N–H and O–H groups in total. The van der Waals surface area contributed by atoms with Gasteiger partial charge in [0.1, 0.15) is 6.04 Å². The lowest BCUT2D eigenvalue weighted by Gasteiger charge is -2.20. The van der Waals surface area contributed by atoms with E-state index in [1.807, 2.05) is 44.3 Å². The van der Waals surface area contributed by atoms with Gasteiger partial charge in [-0.3, -0.25) is 4.79 Å². The third kappa shape index (κ3) is 5.90. The third-order valence-electron chi connectivity index (χ3n) is 5.29. The number of hydrogen-bond donors (Lipinski definition) is 2. The second-order valence-electron chi connectivity index (χ2n) is 7.73. The van der Waals surface area contributed by atoms with Gasteiger partial charge in [-0.25, -0.2) is 8.42 Å². The van der Waals surface area contributed by atoms with Gasteiger partial charge >= 0.3 is 0 Å². The van der Waals surface area contributed by atoms with Gasteiger partial charge in [0.15, 0.2) is 6.54 Å². The maximum absolute atomic E-state index is 12.8. The number of amides is 1. The van der Waals surface area contributed by atoms with Crippen molar-refractivity contribution in [3.05, 3.63) is 59.7 Å². The summed E-state index contributed by atoms with van der Waals surface area (Å²) in [6.07, 6.45) is 0. The highest BCUT2D eigenvalue weighted by Gasteiger charge is 2.23. The van der Waals surface area contributed by atoms with Crippen molar-refractivity contribution in [1.82, 2.24) is 4.31 Å². The number of aryl methyl sites for hydroxylation is 1. The third-order valence-corrected chi connectivity index (χ3v) is 7.33. The van der Waals surface area contributed by atoms with Crippen LogP contribution in [0.1, 0.15) is 44.9 Å². The number of nitrogens with zero attached hydrogens (tertiary/aromatic N) is 1. The number of nitrogens with two attached hydrogens (primary N) is 1. The van der Waals surface area contributed by atoms with Crippen molar-refractivity contribution in [2.45, 2.75) is 45.6 Å². The lowest BCUT2D eigenvalue weighted by atomic mass is 9.96. The fourth-order valence-electron chi connectivity index (χ4n) is 3.51. The predicted molar refractivity (Wildman–Crippen MR) is 121 cm³/mol. The van der Waals surface area contributed by atoms with Crippen LogP contribution in [-0.2, 0) is 14.8 Å². The van der Waals surface area contributed by atoms with Crippen molar-refractivity contribution in [1.29, 1.82) is 0 Å². The first-order valence-corrected chi connectivity index (χ1v) is 11.9. The van der Waals surface area contributed by atoms with Crippen LogP contribution in [0.15, 0.2) is 53.4 Å². The van der Waals surface area contributed by atoms with E-state index in [2.05, 4.69) is 31.3 Å². The number of anilines is 1. The monoisotopic (exact) mass is 432 g/mol. The van der Waals surface area contributed by atoms with E-state index in [-0.39, 0.29) is 23.4 Å². The lowest BCUT2D eigenvalue weighted by Crippen LogP contribution is -2.88. The van der Waals surface area contributed by atoms with Gasteiger partial charge < -0.3 is 10.6 Å². The van der Waals surface area contributed by atoms with Crippen LogP contribution in [0.25, 0.3) is 0 Å². The highest BCUT2D eigenvalue weighted by atomic mass is 32.2. The number of carbonyl (C=O) groups is 1. The summed E-state index contributed by atoms with van der Waals surface area (Å²) in [5, 5.41) is 4.92. The number of rotatable bonds is 10. The molecular formula is C23H34N3O3S+. The van der Waals surface area contributed by atoms with E-state index in [9.17, 15) is 13.2 Å². The van der Waals surface area contributed by atoms with Crippen LogP contribution in [0.2, 0.25) is 0 Å². The zero-order chi connectivity index (χ0) is 22.3. The van der Waals surface area contributed by atoms with Gasteiger partial charge in [-0.05, 0) is 24.6 Å². The molecule has 0 unspecified atom stereocenters. The average molecular weight is 433 g/mol. The number of benzene rings is 2. The molecule has 0 spiro atoms. The van der Waals surface area contributed by atoms with E-state index in [4.69, 9.17) is 0 Å². The second kappa shape index (κ2) is 10.7. The van der Waals surface area contributed by atoms with Crippen LogP contribution in [0.3, 0.4) is 0 Å². The summed E-state index contributed by atoms with van der Waals surface area (Å²) in [4.78, 5) is 12.8. The quantitative estimate of drug-likeness (QED) is 0.606. The van der Waals surface area contributed by atoms with Crippen LogP contribution < -0.4 is 10.6 Å². The molecule has 6 nitrogen and oxygen atoms in total. The minimum absolute atomic E-state index is 0.155. The topological polar surface area (TPSA) is 83.1 Å². The van der Waals surface area contributed by atoms with E-state index >= 15 is 0 Å². The van der Waals surface area contributed by atoms with E-state index in [1.165, 1.54) is 9.87 Å². The largest absolute Gasteiger partial charge is 0.332 e. The summed E-state index contributed by atoms with van der Waals surface area (Å²) in [6.45, 7) is 10.8.